The van der Waals surface area contributed by atoms with Crippen molar-refractivity contribution in [3.8, 4) is 11.6 Å². The molecule has 3 heterocycles. The van der Waals surface area contributed by atoms with Crippen LogP contribution in [0.25, 0.3) is 0 Å². The van der Waals surface area contributed by atoms with E-state index in [2.05, 4.69) is 10.1 Å². The summed E-state index contributed by atoms with van der Waals surface area (Å²) in [7, 11) is -1.22. The van der Waals surface area contributed by atoms with Crippen molar-refractivity contribution in [3.05, 3.63) is 30.1 Å². The molecule has 0 N–H and O–H groups in total. The van der Waals surface area contributed by atoms with Gasteiger partial charge in [-0.05, 0) is 19.1 Å². The molecule has 0 saturated heterocycles. The second kappa shape index (κ2) is 3.41. The Morgan fingerprint density at radius 1 is 1.44 bits per heavy atom. The molecule has 2 aromatic heterocycles. The lowest BCUT2D eigenvalue weighted by molar-refractivity contribution is 0.422. The molecule has 0 aromatic carbocycles. The van der Waals surface area contributed by atoms with Crippen molar-refractivity contribution in [1.82, 2.24) is 14.8 Å². The van der Waals surface area contributed by atoms with Gasteiger partial charge in [0.25, 0.3) is 0 Å². The second-order valence-electron chi connectivity index (χ2n) is 3.50. The van der Waals surface area contributed by atoms with Crippen molar-refractivity contribution in [3.63, 3.8) is 0 Å². The summed E-state index contributed by atoms with van der Waals surface area (Å²) >= 11 is 0. The summed E-state index contributed by atoms with van der Waals surface area (Å²) in [6.07, 6.45) is 1.62. The maximum atomic E-state index is 12.0. The fourth-order valence-electron chi connectivity index (χ4n) is 1.55. The van der Waals surface area contributed by atoms with Crippen molar-refractivity contribution in [1.29, 1.82) is 0 Å². The van der Waals surface area contributed by atoms with Crippen LogP contribution in [0.4, 0.5) is 0 Å². The van der Waals surface area contributed by atoms with Crippen molar-refractivity contribution in [2.45, 2.75) is 17.8 Å². The zero-order valence-corrected chi connectivity index (χ0v) is 9.40. The summed E-state index contributed by atoms with van der Waals surface area (Å²) in [4.78, 5) is 4.25. The van der Waals surface area contributed by atoms with Crippen LogP contribution in [-0.2, 0) is 16.7 Å². The van der Waals surface area contributed by atoms with E-state index in [0.717, 1.165) is 5.69 Å². The molecular formula is C10H9N3O2S. The summed E-state index contributed by atoms with van der Waals surface area (Å²) in [6.45, 7) is 1.86. The highest BCUT2D eigenvalue weighted by molar-refractivity contribution is 7.84. The van der Waals surface area contributed by atoms with E-state index in [0.29, 0.717) is 16.7 Å². The predicted octanol–water partition coefficient (Wildman–Crippen LogP) is 1.46. The standard InChI is InChI=1S/C10H9N3O2S/c1-7-2-3-8-10(12-7)16(14)6-13-9(15-8)4-5-11-13/h2-5H,6H2,1H3. The van der Waals surface area contributed by atoms with Crippen molar-refractivity contribution in [2.24, 2.45) is 0 Å². The maximum absolute atomic E-state index is 12.0. The van der Waals surface area contributed by atoms with Crippen molar-refractivity contribution in [2.75, 3.05) is 0 Å². The van der Waals surface area contributed by atoms with Crippen LogP contribution in [-0.4, -0.2) is 19.0 Å². The van der Waals surface area contributed by atoms with Gasteiger partial charge in [0.05, 0.1) is 17.0 Å². The van der Waals surface area contributed by atoms with E-state index >= 15 is 0 Å². The summed E-state index contributed by atoms with van der Waals surface area (Å²) in [5.41, 5.74) is 0.829. The number of aromatic nitrogens is 3. The number of aryl methyl sites for hydroxylation is 1. The molecule has 1 atom stereocenters. The summed E-state index contributed by atoms with van der Waals surface area (Å²) < 4.78 is 19.2. The van der Waals surface area contributed by atoms with Gasteiger partial charge in [0.2, 0.25) is 5.88 Å². The lowest BCUT2D eigenvalue weighted by Crippen LogP contribution is -2.05. The highest BCUT2D eigenvalue weighted by Crippen LogP contribution is 2.30. The van der Waals surface area contributed by atoms with E-state index in [1.807, 2.05) is 13.0 Å². The largest absolute Gasteiger partial charge is 0.436 e. The molecule has 0 aliphatic carbocycles. The van der Waals surface area contributed by atoms with E-state index in [9.17, 15) is 4.21 Å². The molecule has 3 rings (SSSR count). The molecule has 1 aliphatic rings. The number of hydrogen-bond acceptors (Lipinski definition) is 4. The molecule has 2 aromatic rings. The van der Waals surface area contributed by atoms with E-state index < -0.39 is 10.8 Å². The first kappa shape index (κ1) is 9.53. The molecular weight excluding hydrogens is 226 g/mol. The first-order chi connectivity index (χ1) is 7.74. The Balaban J connectivity index is 2.18. The first-order valence-corrected chi connectivity index (χ1v) is 6.11. The molecule has 1 unspecified atom stereocenters. The van der Waals surface area contributed by atoms with Crippen molar-refractivity contribution >= 4 is 10.8 Å². The van der Waals surface area contributed by atoms with Gasteiger partial charge in [0, 0.05) is 11.8 Å². The Morgan fingerprint density at radius 2 is 2.31 bits per heavy atom. The summed E-state index contributed by atoms with van der Waals surface area (Å²) in [5.74, 6) is 1.42. The Labute approximate surface area is 94.5 Å². The summed E-state index contributed by atoms with van der Waals surface area (Å²) in [6, 6.07) is 5.37. The number of rotatable bonds is 0. The molecule has 6 heteroatoms. The average molecular weight is 235 g/mol. The van der Waals surface area contributed by atoms with Crippen LogP contribution in [0.1, 0.15) is 5.69 Å². The fraction of sp³-hybridized carbons (Fsp3) is 0.200. The minimum absolute atomic E-state index is 0.284. The number of fused-ring (bicyclic) bond motifs is 2. The molecule has 0 saturated carbocycles. The van der Waals surface area contributed by atoms with Gasteiger partial charge in [-0.25, -0.2) is 9.67 Å². The molecule has 82 valence electrons. The van der Waals surface area contributed by atoms with Gasteiger partial charge in [0.1, 0.15) is 5.88 Å². The smallest absolute Gasteiger partial charge is 0.218 e. The third-order valence-corrected chi connectivity index (χ3v) is 3.51. The second-order valence-corrected chi connectivity index (χ2v) is 4.84. The van der Waals surface area contributed by atoms with Crippen LogP contribution in [0.15, 0.2) is 29.4 Å². The number of hydrogen-bond donors (Lipinski definition) is 0. The Kier molecular flexibility index (Phi) is 2.03. The highest BCUT2D eigenvalue weighted by atomic mass is 32.2. The van der Waals surface area contributed by atoms with Gasteiger partial charge in [-0.1, -0.05) is 0 Å². The molecule has 0 spiro atoms. The van der Waals surface area contributed by atoms with Gasteiger partial charge in [-0.3, -0.25) is 4.21 Å². The number of nitrogens with zero attached hydrogens (tertiary/aromatic N) is 3. The number of ether oxygens (including phenoxy) is 1. The fourth-order valence-corrected chi connectivity index (χ4v) is 2.67. The topological polar surface area (TPSA) is 57.0 Å². The molecule has 0 bridgehead atoms. The minimum Gasteiger partial charge on any atom is -0.436 e. The highest BCUT2D eigenvalue weighted by Gasteiger charge is 2.21. The normalized spacial score (nSPS) is 18.2. The molecule has 5 nitrogen and oxygen atoms in total. The lowest BCUT2D eigenvalue weighted by atomic mass is 10.4. The minimum atomic E-state index is -1.22. The molecule has 0 radical (unpaired) electrons. The third kappa shape index (κ3) is 1.42. The molecule has 0 fully saturated rings. The van der Waals surface area contributed by atoms with E-state index in [1.165, 1.54) is 0 Å². The number of pyridine rings is 1. The average Bonchev–Trinajstić information content (AvgIpc) is 2.63. The monoisotopic (exact) mass is 235 g/mol. The van der Waals surface area contributed by atoms with Gasteiger partial charge in [0.15, 0.2) is 10.8 Å². The van der Waals surface area contributed by atoms with Gasteiger partial charge >= 0.3 is 0 Å². The predicted molar refractivity (Wildman–Crippen MR) is 57.7 cm³/mol. The quantitative estimate of drug-likeness (QED) is 0.693. The zero-order chi connectivity index (χ0) is 11.1. The van der Waals surface area contributed by atoms with Crippen LogP contribution in [0, 0.1) is 6.92 Å². The van der Waals surface area contributed by atoms with Crippen LogP contribution in [0.3, 0.4) is 0 Å². The van der Waals surface area contributed by atoms with Crippen molar-refractivity contribution < 1.29 is 8.95 Å². The lowest BCUT2D eigenvalue weighted by Gasteiger charge is -2.04. The maximum Gasteiger partial charge on any atom is 0.218 e. The third-order valence-electron chi connectivity index (χ3n) is 2.31. The van der Waals surface area contributed by atoms with Crippen LogP contribution >= 0.6 is 0 Å². The first-order valence-electron chi connectivity index (χ1n) is 4.80. The van der Waals surface area contributed by atoms with E-state index in [1.54, 1.807) is 23.0 Å². The Bertz CT molecular complexity index is 579. The van der Waals surface area contributed by atoms with E-state index in [4.69, 9.17) is 4.74 Å². The van der Waals surface area contributed by atoms with Gasteiger partial charge in [-0.15, -0.1) is 0 Å². The SMILES string of the molecule is Cc1ccc2c(n1)S(=O)Cn1nccc1O2. The van der Waals surface area contributed by atoms with Crippen LogP contribution < -0.4 is 4.74 Å². The van der Waals surface area contributed by atoms with Gasteiger partial charge in [-0.2, -0.15) is 5.10 Å². The van der Waals surface area contributed by atoms with E-state index in [-0.39, 0.29) is 5.88 Å². The summed E-state index contributed by atoms with van der Waals surface area (Å²) in [5, 5.41) is 4.53. The molecule has 1 aliphatic heterocycles. The molecule has 16 heavy (non-hydrogen) atoms. The Morgan fingerprint density at radius 3 is 3.19 bits per heavy atom. The zero-order valence-electron chi connectivity index (χ0n) is 8.58. The van der Waals surface area contributed by atoms with Crippen LogP contribution in [0.2, 0.25) is 0 Å². The van der Waals surface area contributed by atoms with Gasteiger partial charge < -0.3 is 4.74 Å². The molecule has 0 amide bonds. The Hall–Kier alpha value is -1.69. The van der Waals surface area contributed by atoms with Crippen LogP contribution in [0.5, 0.6) is 11.6 Å².